The molecule has 0 spiro atoms. The maximum atomic E-state index is 12.2. The Labute approximate surface area is 129 Å². The maximum absolute atomic E-state index is 12.2. The van der Waals surface area contributed by atoms with E-state index in [-0.39, 0.29) is 17.9 Å². The van der Waals surface area contributed by atoms with Gasteiger partial charge in [0, 0.05) is 18.5 Å². The van der Waals surface area contributed by atoms with Crippen molar-refractivity contribution in [2.45, 2.75) is 31.2 Å². The van der Waals surface area contributed by atoms with Gasteiger partial charge in [-0.05, 0) is 49.4 Å². The first-order chi connectivity index (χ1) is 9.65. The van der Waals surface area contributed by atoms with Crippen molar-refractivity contribution in [2.24, 2.45) is 5.92 Å². The van der Waals surface area contributed by atoms with Crippen molar-refractivity contribution in [1.82, 2.24) is 10.6 Å². The number of halogens is 2. The molecule has 5 heteroatoms. The van der Waals surface area contributed by atoms with E-state index in [4.69, 9.17) is 23.2 Å². The van der Waals surface area contributed by atoms with Gasteiger partial charge in [-0.25, -0.2) is 0 Å². The van der Waals surface area contributed by atoms with Crippen LogP contribution in [0.2, 0.25) is 10.0 Å². The second-order valence-corrected chi connectivity index (χ2v) is 6.49. The number of hydrogen-bond donors (Lipinski definition) is 2. The Balaban J connectivity index is 1.57. The third-order valence-electron chi connectivity index (χ3n) is 4.14. The summed E-state index contributed by atoms with van der Waals surface area (Å²) in [5, 5.41) is 7.58. The maximum Gasteiger partial charge on any atom is 0.224 e. The molecule has 3 unspecified atom stereocenters. The van der Waals surface area contributed by atoms with Crippen LogP contribution in [-0.4, -0.2) is 25.0 Å². The number of nitrogens with one attached hydrogen (secondary N) is 2. The number of piperidine rings is 1. The fraction of sp³-hybridized carbons (Fsp3) is 0.533. The minimum absolute atomic E-state index is 0.0918. The Morgan fingerprint density at radius 3 is 2.85 bits per heavy atom. The van der Waals surface area contributed by atoms with Gasteiger partial charge in [0.25, 0.3) is 0 Å². The lowest BCUT2D eigenvalue weighted by Gasteiger charge is -2.23. The van der Waals surface area contributed by atoms with E-state index in [1.807, 2.05) is 12.1 Å². The van der Waals surface area contributed by atoms with Crippen molar-refractivity contribution in [1.29, 1.82) is 0 Å². The average molecular weight is 313 g/mol. The summed E-state index contributed by atoms with van der Waals surface area (Å²) >= 11 is 11.9. The standard InChI is InChI=1S/C15H18Cl2N2O/c16-13-4-3-9(6-14(13)17)11-7-12(11)15(20)19-10-2-1-5-18-8-10/h3-4,6,10-12,18H,1-2,5,7-8H2,(H,19,20). The largest absolute Gasteiger partial charge is 0.352 e. The van der Waals surface area contributed by atoms with Gasteiger partial charge < -0.3 is 10.6 Å². The van der Waals surface area contributed by atoms with Crippen molar-refractivity contribution < 1.29 is 4.79 Å². The van der Waals surface area contributed by atoms with Crippen LogP contribution in [-0.2, 0) is 4.79 Å². The van der Waals surface area contributed by atoms with E-state index in [1.54, 1.807) is 6.07 Å². The molecular weight excluding hydrogens is 295 g/mol. The zero-order valence-electron chi connectivity index (χ0n) is 11.2. The first-order valence-corrected chi connectivity index (χ1v) is 7.87. The monoisotopic (exact) mass is 312 g/mol. The van der Waals surface area contributed by atoms with Gasteiger partial charge in [-0.2, -0.15) is 0 Å². The Kier molecular flexibility index (Phi) is 4.20. The number of amides is 1. The molecule has 1 amide bonds. The van der Waals surface area contributed by atoms with E-state index in [2.05, 4.69) is 10.6 Å². The summed E-state index contributed by atoms with van der Waals surface area (Å²) in [6.07, 6.45) is 3.11. The molecule has 0 radical (unpaired) electrons. The second-order valence-electron chi connectivity index (χ2n) is 5.67. The molecule has 1 aromatic rings. The Bertz CT molecular complexity index is 515. The zero-order chi connectivity index (χ0) is 14.1. The lowest BCUT2D eigenvalue weighted by atomic mass is 10.1. The van der Waals surface area contributed by atoms with Gasteiger partial charge in [0.15, 0.2) is 0 Å². The highest BCUT2D eigenvalue weighted by Crippen LogP contribution is 2.48. The van der Waals surface area contributed by atoms with Gasteiger partial charge in [-0.1, -0.05) is 29.3 Å². The fourth-order valence-corrected chi connectivity index (χ4v) is 3.19. The first-order valence-electron chi connectivity index (χ1n) is 7.11. The van der Waals surface area contributed by atoms with E-state index in [1.165, 1.54) is 0 Å². The molecule has 20 heavy (non-hydrogen) atoms. The van der Waals surface area contributed by atoms with Gasteiger partial charge in [0.2, 0.25) is 5.91 Å². The van der Waals surface area contributed by atoms with Crippen LogP contribution >= 0.6 is 23.2 Å². The number of carbonyl (C=O) groups excluding carboxylic acids is 1. The lowest BCUT2D eigenvalue weighted by Crippen LogP contribution is -2.46. The molecule has 2 fully saturated rings. The van der Waals surface area contributed by atoms with Gasteiger partial charge in [-0.3, -0.25) is 4.79 Å². The van der Waals surface area contributed by atoms with Gasteiger partial charge >= 0.3 is 0 Å². The highest BCUT2D eigenvalue weighted by atomic mass is 35.5. The molecule has 0 bridgehead atoms. The number of hydrogen-bond acceptors (Lipinski definition) is 2. The lowest BCUT2D eigenvalue weighted by molar-refractivity contribution is -0.123. The molecule has 0 aromatic heterocycles. The third kappa shape index (κ3) is 3.11. The third-order valence-corrected chi connectivity index (χ3v) is 4.88. The molecule has 1 aliphatic carbocycles. The Morgan fingerprint density at radius 1 is 1.30 bits per heavy atom. The first kappa shape index (κ1) is 14.2. The van der Waals surface area contributed by atoms with Crippen LogP contribution in [0.4, 0.5) is 0 Å². The quantitative estimate of drug-likeness (QED) is 0.901. The van der Waals surface area contributed by atoms with Crippen LogP contribution in [0, 0.1) is 5.92 Å². The van der Waals surface area contributed by atoms with E-state index < -0.39 is 0 Å². The van der Waals surface area contributed by atoms with Crippen LogP contribution in [0.15, 0.2) is 18.2 Å². The number of benzene rings is 1. The van der Waals surface area contributed by atoms with Crippen LogP contribution in [0.5, 0.6) is 0 Å². The zero-order valence-corrected chi connectivity index (χ0v) is 12.7. The van der Waals surface area contributed by atoms with Crippen molar-refractivity contribution in [3.63, 3.8) is 0 Å². The summed E-state index contributed by atoms with van der Waals surface area (Å²) in [5.41, 5.74) is 1.11. The molecule has 108 valence electrons. The highest BCUT2D eigenvalue weighted by molar-refractivity contribution is 6.42. The van der Waals surface area contributed by atoms with Gasteiger partial charge in [0.1, 0.15) is 0 Å². The predicted octanol–water partition coefficient (Wildman–Crippen LogP) is 2.97. The van der Waals surface area contributed by atoms with Crippen LogP contribution in [0.25, 0.3) is 0 Å². The summed E-state index contributed by atoms with van der Waals surface area (Å²) in [6.45, 7) is 1.94. The SMILES string of the molecule is O=C(NC1CCCNC1)C1CC1c1ccc(Cl)c(Cl)c1. The molecule has 3 rings (SSSR count). The summed E-state index contributed by atoms with van der Waals surface area (Å²) in [6, 6.07) is 5.93. The average Bonchev–Trinajstić information content (AvgIpc) is 3.23. The summed E-state index contributed by atoms with van der Waals surface area (Å²) in [4.78, 5) is 12.2. The Morgan fingerprint density at radius 2 is 2.15 bits per heavy atom. The molecule has 2 aliphatic rings. The van der Waals surface area contributed by atoms with E-state index >= 15 is 0 Å². The van der Waals surface area contributed by atoms with Crippen molar-refractivity contribution in [3.05, 3.63) is 33.8 Å². The van der Waals surface area contributed by atoms with Crippen molar-refractivity contribution in [2.75, 3.05) is 13.1 Å². The molecule has 3 atom stereocenters. The molecule has 1 saturated heterocycles. The van der Waals surface area contributed by atoms with Gasteiger partial charge in [0.05, 0.1) is 10.0 Å². The Hall–Kier alpha value is -0.770. The van der Waals surface area contributed by atoms with E-state index in [0.717, 1.165) is 37.9 Å². The number of carbonyl (C=O) groups is 1. The molecule has 1 saturated carbocycles. The highest BCUT2D eigenvalue weighted by Gasteiger charge is 2.44. The van der Waals surface area contributed by atoms with E-state index in [9.17, 15) is 4.79 Å². The molecule has 1 aromatic carbocycles. The van der Waals surface area contributed by atoms with Crippen LogP contribution < -0.4 is 10.6 Å². The smallest absolute Gasteiger partial charge is 0.224 e. The minimum Gasteiger partial charge on any atom is -0.352 e. The van der Waals surface area contributed by atoms with Gasteiger partial charge in [-0.15, -0.1) is 0 Å². The molecule has 1 aliphatic heterocycles. The molecular formula is C15H18Cl2N2O. The molecule has 1 heterocycles. The normalized spacial score (nSPS) is 29.0. The van der Waals surface area contributed by atoms with Crippen LogP contribution in [0.3, 0.4) is 0 Å². The molecule has 2 N–H and O–H groups in total. The summed E-state index contributed by atoms with van der Waals surface area (Å²) in [7, 11) is 0. The summed E-state index contributed by atoms with van der Waals surface area (Å²) < 4.78 is 0. The number of rotatable bonds is 3. The fourth-order valence-electron chi connectivity index (χ4n) is 2.88. The van der Waals surface area contributed by atoms with E-state index in [0.29, 0.717) is 16.0 Å². The molecule has 3 nitrogen and oxygen atoms in total. The second kappa shape index (κ2) is 5.92. The van der Waals surface area contributed by atoms with Crippen LogP contribution in [0.1, 0.15) is 30.7 Å². The van der Waals surface area contributed by atoms with Crippen molar-refractivity contribution in [3.8, 4) is 0 Å². The minimum atomic E-state index is 0.0918. The topological polar surface area (TPSA) is 41.1 Å². The predicted molar refractivity (Wildman–Crippen MR) is 81.3 cm³/mol. The summed E-state index contributed by atoms with van der Waals surface area (Å²) in [5.74, 6) is 0.560. The van der Waals surface area contributed by atoms with Crippen molar-refractivity contribution >= 4 is 29.1 Å².